The molecule has 126 valence electrons. The van der Waals surface area contributed by atoms with Crippen LogP contribution >= 0.6 is 0 Å². The molecule has 2 saturated carbocycles. The Hall–Kier alpha value is -1.26. The molecule has 2 fully saturated rings. The van der Waals surface area contributed by atoms with Crippen molar-refractivity contribution >= 4 is 0 Å². The number of hydrogen-bond acceptors (Lipinski definition) is 4. The van der Waals surface area contributed by atoms with Gasteiger partial charge in [-0.25, -0.2) is 0 Å². The third-order valence-electron chi connectivity index (χ3n) is 7.52. The second kappa shape index (κ2) is 4.87. The Bertz CT molecular complexity index is 646. The number of benzene rings is 1. The van der Waals surface area contributed by atoms with Crippen LogP contribution in [0.5, 0.6) is 11.5 Å². The van der Waals surface area contributed by atoms with E-state index in [1.807, 2.05) is 6.07 Å². The zero-order valence-electron chi connectivity index (χ0n) is 13.8. The largest absolute Gasteiger partial charge is 0.504 e. The van der Waals surface area contributed by atoms with Crippen molar-refractivity contribution in [2.45, 2.75) is 57.0 Å². The van der Waals surface area contributed by atoms with Gasteiger partial charge in [-0.2, -0.15) is 0 Å². The van der Waals surface area contributed by atoms with Crippen molar-refractivity contribution in [1.82, 2.24) is 0 Å². The summed E-state index contributed by atoms with van der Waals surface area (Å²) in [6, 6.07) is 3.61. The van der Waals surface area contributed by atoms with Gasteiger partial charge in [-0.05, 0) is 67.9 Å². The van der Waals surface area contributed by atoms with Crippen molar-refractivity contribution in [3.63, 3.8) is 0 Å². The van der Waals surface area contributed by atoms with Crippen molar-refractivity contribution in [1.29, 1.82) is 0 Å². The lowest BCUT2D eigenvalue weighted by Gasteiger charge is -2.53. The zero-order chi connectivity index (χ0) is 16.4. The van der Waals surface area contributed by atoms with E-state index in [9.17, 15) is 15.3 Å². The number of aliphatic hydroxyl groups is 1. The molecule has 0 bridgehead atoms. The molecule has 0 amide bonds. The molecule has 4 heteroatoms. The van der Waals surface area contributed by atoms with E-state index >= 15 is 0 Å². The minimum Gasteiger partial charge on any atom is -0.504 e. The summed E-state index contributed by atoms with van der Waals surface area (Å²) in [7, 11) is 0. The van der Waals surface area contributed by atoms with E-state index in [4.69, 9.17) is 5.73 Å². The fourth-order valence-electron chi connectivity index (χ4n) is 6.08. The summed E-state index contributed by atoms with van der Waals surface area (Å²) in [5.74, 6) is 1.54. The average Bonchev–Trinajstić information content (AvgIpc) is 2.83. The van der Waals surface area contributed by atoms with Gasteiger partial charge in [0.25, 0.3) is 0 Å². The molecule has 5 atom stereocenters. The first-order valence-corrected chi connectivity index (χ1v) is 8.87. The molecule has 0 spiro atoms. The normalized spacial score (nSPS) is 42.0. The van der Waals surface area contributed by atoms with E-state index in [0.29, 0.717) is 24.3 Å². The zero-order valence-corrected chi connectivity index (χ0v) is 13.8. The van der Waals surface area contributed by atoms with Crippen LogP contribution in [0.2, 0.25) is 0 Å². The van der Waals surface area contributed by atoms with Crippen LogP contribution in [0, 0.1) is 17.3 Å². The highest BCUT2D eigenvalue weighted by Gasteiger charge is 2.60. The smallest absolute Gasteiger partial charge is 0.160 e. The summed E-state index contributed by atoms with van der Waals surface area (Å²) >= 11 is 0. The van der Waals surface area contributed by atoms with Gasteiger partial charge >= 0.3 is 0 Å². The minimum absolute atomic E-state index is 0.0128. The average molecular weight is 317 g/mol. The van der Waals surface area contributed by atoms with E-state index in [1.54, 1.807) is 6.07 Å². The van der Waals surface area contributed by atoms with Gasteiger partial charge in [0.05, 0.1) is 5.60 Å². The van der Waals surface area contributed by atoms with Crippen molar-refractivity contribution in [3.05, 3.63) is 23.3 Å². The molecule has 1 aromatic carbocycles. The van der Waals surface area contributed by atoms with E-state index in [-0.39, 0.29) is 16.9 Å². The quantitative estimate of drug-likeness (QED) is 0.600. The molecule has 0 heterocycles. The molecule has 1 aromatic rings. The third kappa shape index (κ3) is 1.85. The summed E-state index contributed by atoms with van der Waals surface area (Å²) < 4.78 is 0. The van der Waals surface area contributed by atoms with Crippen LogP contribution in [-0.2, 0) is 6.42 Å². The molecule has 0 unspecified atom stereocenters. The van der Waals surface area contributed by atoms with Crippen molar-refractivity contribution < 1.29 is 15.3 Å². The first-order valence-electron chi connectivity index (χ1n) is 8.87. The van der Waals surface area contributed by atoms with Gasteiger partial charge in [-0.1, -0.05) is 13.0 Å². The number of phenolic OH excluding ortho intramolecular Hbond substituents is 2. The molecule has 5 N–H and O–H groups in total. The van der Waals surface area contributed by atoms with Gasteiger partial charge < -0.3 is 21.1 Å². The van der Waals surface area contributed by atoms with Crippen LogP contribution in [0.4, 0.5) is 0 Å². The number of rotatable bonds is 1. The van der Waals surface area contributed by atoms with Crippen LogP contribution in [0.1, 0.15) is 56.1 Å². The van der Waals surface area contributed by atoms with Crippen molar-refractivity contribution in [2.75, 3.05) is 6.54 Å². The molecular weight excluding hydrogens is 290 g/mol. The Balaban J connectivity index is 1.72. The number of nitrogens with two attached hydrogens (primary N) is 1. The predicted molar refractivity (Wildman–Crippen MR) is 88.4 cm³/mol. The summed E-state index contributed by atoms with van der Waals surface area (Å²) in [5.41, 5.74) is 7.27. The topological polar surface area (TPSA) is 86.7 Å². The van der Waals surface area contributed by atoms with Crippen molar-refractivity contribution in [3.8, 4) is 11.5 Å². The first-order chi connectivity index (χ1) is 10.9. The lowest BCUT2D eigenvalue weighted by Crippen LogP contribution is -2.54. The molecule has 3 aliphatic rings. The van der Waals surface area contributed by atoms with Crippen molar-refractivity contribution in [2.24, 2.45) is 23.0 Å². The number of hydrogen-bond donors (Lipinski definition) is 4. The highest BCUT2D eigenvalue weighted by atomic mass is 16.3. The maximum absolute atomic E-state index is 11.0. The van der Waals surface area contributed by atoms with Crippen LogP contribution in [0.25, 0.3) is 0 Å². The maximum atomic E-state index is 11.0. The second-order valence-corrected chi connectivity index (χ2v) is 8.15. The summed E-state index contributed by atoms with van der Waals surface area (Å²) in [6.07, 6.45) is 5.69. The van der Waals surface area contributed by atoms with E-state index in [0.717, 1.165) is 44.1 Å². The molecule has 0 aliphatic heterocycles. The monoisotopic (exact) mass is 317 g/mol. The molecule has 4 nitrogen and oxygen atoms in total. The Morgan fingerprint density at radius 2 is 1.96 bits per heavy atom. The summed E-state index contributed by atoms with van der Waals surface area (Å²) in [6.45, 7) is 2.58. The molecule has 23 heavy (non-hydrogen) atoms. The lowest BCUT2D eigenvalue weighted by molar-refractivity contribution is -0.0960. The maximum Gasteiger partial charge on any atom is 0.160 e. The lowest BCUT2D eigenvalue weighted by atomic mass is 9.53. The first kappa shape index (κ1) is 15.3. The SMILES string of the molecule is C[C@]12CC[C@@H]3c4ccc(O)c(O)c4CC[C@H]3[C@@H]1CC[C@]2(O)CN. The summed E-state index contributed by atoms with van der Waals surface area (Å²) in [4.78, 5) is 0. The summed E-state index contributed by atoms with van der Waals surface area (Å²) in [5, 5.41) is 31.0. The Kier molecular flexibility index (Phi) is 3.23. The number of aromatic hydroxyl groups is 2. The molecule has 0 radical (unpaired) electrons. The fraction of sp³-hybridized carbons (Fsp3) is 0.684. The molecule has 3 aliphatic carbocycles. The predicted octanol–water partition coefficient (Wildman–Crippen LogP) is 2.64. The van der Waals surface area contributed by atoms with Crippen LogP contribution < -0.4 is 5.73 Å². The van der Waals surface area contributed by atoms with E-state index in [1.165, 1.54) is 5.56 Å². The van der Waals surface area contributed by atoms with Crippen LogP contribution in [0.3, 0.4) is 0 Å². The number of fused-ring (bicyclic) bond motifs is 5. The van der Waals surface area contributed by atoms with Gasteiger partial charge in [0, 0.05) is 17.5 Å². The second-order valence-electron chi connectivity index (χ2n) is 8.15. The highest BCUT2D eigenvalue weighted by molar-refractivity contribution is 5.51. The number of phenols is 2. The van der Waals surface area contributed by atoms with Crippen LogP contribution in [-0.4, -0.2) is 27.5 Å². The fourth-order valence-corrected chi connectivity index (χ4v) is 6.08. The minimum atomic E-state index is -0.722. The third-order valence-corrected chi connectivity index (χ3v) is 7.52. The Labute approximate surface area is 137 Å². The molecular formula is C19H27NO3. The molecule has 0 saturated heterocycles. The standard InChI is InChI=1S/C19H27NO3/c1-18-8-6-12-11-4-5-16(21)17(22)14(11)3-2-13(12)15(18)7-9-19(18,23)10-20/h4-5,12-13,15,21-23H,2-3,6-10,20H2,1H3/t12-,13-,15+,18+,19+/m1/s1. The van der Waals surface area contributed by atoms with Gasteiger partial charge in [-0.15, -0.1) is 0 Å². The van der Waals surface area contributed by atoms with Gasteiger partial charge in [0.15, 0.2) is 11.5 Å². The van der Waals surface area contributed by atoms with Gasteiger partial charge in [0.1, 0.15) is 0 Å². The highest BCUT2D eigenvalue weighted by Crippen LogP contribution is 2.64. The van der Waals surface area contributed by atoms with Gasteiger partial charge in [0.2, 0.25) is 0 Å². The Morgan fingerprint density at radius 3 is 2.70 bits per heavy atom. The molecule has 0 aromatic heterocycles. The van der Waals surface area contributed by atoms with E-state index < -0.39 is 5.60 Å². The molecule has 4 rings (SSSR count). The van der Waals surface area contributed by atoms with E-state index in [2.05, 4.69) is 6.92 Å². The van der Waals surface area contributed by atoms with Crippen LogP contribution in [0.15, 0.2) is 12.1 Å². The van der Waals surface area contributed by atoms with Gasteiger partial charge in [-0.3, -0.25) is 0 Å². The Morgan fingerprint density at radius 1 is 1.17 bits per heavy atom.